The molecule has 0 fully saturated rings. The van der Waals surface area contributed by atoms with Crippen molar-refractivity contribution in [2.75, 3.05) is 0 Å². The number of ketones is 1. The van der Waals surface area contributed by atoms with Gasteiger partial charge in [-0.25, -0.2) is 0 Å². The van der Waals surface area contributed by atoms with Gasteiger partial charge in [0, 0.05) is 0 Å². The van der Waals surface area contributed by atoms with Crippen molar-refractivity contribution in [1.29, 1.82) is 0 Å². The summed E-state index contributed by atoms with van der Waals surface area (Å²) in [5.74, 6) is -0.0327. The molecule has 0 aliphatic carbocycles. The Bertz CT molecular complexity index is 351. The van der Waals surface area contributed by atoms with Crippen LogP contribution in [-0.4, -0.2) is 17.5 Å². The highest BCUT2D eigenvalue weighted by Crippen LogP contribution is 2.04. The van der Waals surface area contributed by atoms with Crippen LogP contribution in [0.4, 0.5) is 4.79 Å². The van der Waals surface area contributed by atoms with E-state index in [0.29, 0.717) is 6.42 Å². The Kier molecular flexibility index (Phi) is 4.44. The first-order chi connectivity index (χ1) is 7.09. The molecule has 0 aliphatic rings. The maximum atomic E-state index is 11.3. The third-order valence-corrected chi connectivity index (χ3v) is 2.26. The summed E-state index contributed by atoms with van der Waals surface area (Å²) < 4.78 is 0. The molecule has 0 radical (unpaired) electrons. The molecule has 4 heteroatoms. The van der Waals surface area contributed by atoms with Gasteiger partial charge in [-0.3, -0.25) is 9.59 Å². The number of amides is 1. The molecule has 0 aliphatic heterocycles. The van der Waals surface area contributed by atoms with Gasteiger partial charge in [-0.1, -0.05) is 30.3 Å². The number of nitrogens with one attached hydrogen (secondary N) is 1. The number of benzene rings is 1. The largest absolute Gasteiger partial charge is 0.343 e. The standard InChI is InChI=1S/C11H14NO2P/c1-8(13)10(12-11(14)15)7-9-5-3-2-4-6-9/h2-6,10H,7,15H2,1H3,(H,12,14)/t10-/m1/s1. The Morgan fingerprint density at radius 2 is 1.93 bits per heavy atom. The Morgan fingerprint density at radius 1 is 1.33 bits per heavy atom. The van der Waals surface area contributed by atoms with Gasteiger partial charge >= 0.3 is 0 Å². The van der Waals surface area contributed by atoms with Gasteiger partial charge in [-0.05, 0) is 28.1 Å². The maximum Gasteiger partial charge on any atom is 0.235 e. The van der Waals surface area contributed by atoms with Gasteiger partial charge in [0.25, 0.3) is 0 Å². The van der Waals surface area contributed by atoms with Crippen LogP contribution in [0.15, 0.2) is 30.3 Å². The van der Waals surface area contributed by atoms with Crippen molar-refractivity contribution >= 4 is 20.7 Å². The minimum Gasteiger partial charge on any atom is -0.343 e. The molecule has 3 nitrogen and oxygen atoms in total. The van der Waals surface area contributed by atoms with Gasteiger partial charge in [0.2, 0.25) is 5.65 Å². The smallest absolute Gasteiger partial charge is 0.235 e. The molecule has 0 heterocycles. The van der Waals surface area contributed by atoms with Gasteiger partial charge in [-0.15, -0.1) is 0 Å². The second-order valence-corrected chi connectivity index (χ2v) is 3.89. The predicted molar refractivity (Wildman–Crippen MR) is 62.9 cm³/mol. The fraction of sp³-hybridized carbons (Fsp3) is 0.273. The topological polar surface area (TPSA) is 46.2 Å². The normalized spacial score (nSPS) is 11.9. The quantitative estimate of drug-likeness (QED) is 0.791. The van der Waals surface area contributed by atoms with Crippen molar-refractivity contribution in [3.63, 3.8) is 0 Å². The summed E-state index contributed by atoms with van der Waals surface area (Å²) in [6, 6.07) is 9.18. The number of Topliss-reactive ketones (excluding diaryl/α,β-unsaturated/α-hetero) is 1. The molecule has 1 N–H and O–H groups in total. The minimum absolute atomic E-state index is 0.0327. The first-order valence-electron chi connectivity index (χ1n) is 4.70. The Hall–Kier alpha value is -1.21. The van der Waals surface area contributed by atoms with E-state index in [4.69, 9.17) is 0 Å². The summed E-state index contributed by atoms with van der Waals surface area (Å²) in [6.07, 6.45) is 0.538. The molecule has 1 unspecified atom stereocenters. The molecule has 0 saturated carbocycles. The third-order valence-electron chi connectivity index (χ3n) is 2.09. The number of hydrogen-bond acceptors (Lipinski definition) is 2. The van der Waals surface area contributed by atoms with Crippen LogP contribution in [0.25, 0.3) is 0 Å². The van der Waals surface area contributed by atoms with Gasteiger partial charge in [0.05, 0.1) is 6.04 Å². The van der Waals surface area contributed by atoms with Gasteiger partial charge in [-0.2, -0.15) is 0 Å². The van der Waals surface area contributed by atoms with E-state index < -0.39 is 6.04 Å². The molecule has 2 atom stereocenters. The van der Waals surface area contributed by atoms with Crippen LogP contribution in [0, 0.1) is 0 Å². The molecule has 1 amide bonds. The monoisotopic (exact) mass is 223 g/mol. The summed E-state index contributed by atoms with van der Waals surface area (Å²) in [5.41, 5.74) is 0.780. The van der Waals surface area contributed by atoms with Crippen molar-refractivity contribution in [3.8, 4) is 0 Å². The van der Waals surface area contributed by atoms with Crippen molar-refractivity contribution < 1.29 is 9.59 Å². The lowest BCUT2D eigenvalue weighted by atomic mass is 10.0. The molecule has 0 spiro atoms. The van der Waals surface area contributed by atoms with Crippen LogP contribution >= 0.6 is 9.24 Å². The number of hydrogen-bond donors (Lipinski definition) is 1. The summed E-state index contributed by atoms with van der Waals surface area (Å²) >= 11 is 0. The number of carbonyl (C=O) groups excluding carboxylic acids is 2. The average molecular weight is 223 g/mol. The maximum absolute atomic E-state index is 11.3. The summed E-state index contributed by atoms with van der Waals surface area (Å²) in [7, 11) is 2.01. The van der Waals surface area contributed by atoms with E-state index in [0.717, 1.165) is 5.56 Å². The van der Waals surface area contributed by atoms with E-state index in [1.165, 1.54) is 6.92 Å². The zero-order valence-electron chi connectivity index (χ0n) is 8.57. The first-order valence-corrected chi connectivity index (χ1v) is 5.27. The molecule has 0 bridgehead atoms. The minimum atomic E-state index is -0.433. The molecular formula is C11H14NO2P. The van der Waals surface area contributed by atoms with Gasteiger partial charge < -0.3 is 5.32 Å². The van der Waals surface area contributed by atoms with Gasteiger partial charge in [0.1, 0.15) is 0 Å². The summed E-state index contributed by atoms with van der Waals surface area (Å²) in [5, 5.41) is 2.60. The van der Waals surface area contributed by atoms with Crippen molar-refractivity contribution in [1.82, 2.24) is 5.32 Å². The van der Waals surface area contributed by atoms with Crippen molar-refractivity contribution in [2.24, 2.45) is 0 Å². The number of carbonyl (C=O) groups is 2. The zero-order valence-corrected chi connectivity index (χ0v) is 9.72. The van der Waals surface area contributed by atoms with Crippen LogP contribution in [0.2, 0.25) is 0 Å². The van der Waals surface area contributed by atoms with Crippen molar-refractivity contribution in [2.45, 2.75) is 19.4 Å². The first kappa shape index (κ1) is 11.9. The average Bonchev–Trinajstić information content (AvgIpc) is 2.17. The highest BCUT2D eigenvalue weighted by molar-refractivity contribution is 7.39. The lowest BCUT2D eigenvalue weighted by Gasteiger charge is -2.14. The van der Waals surface area contributed by atoms with E-state index in [9.17, 15) is 9.59 Å². The Morgan fingerprint density at radius 3 is 2.40 bits per heavy atom. The predicted octanol–water partition coefficient (Wildman–Crippen LogP) is 1.77. The van der Waals surface area contributed by atoms with E-state index in [-0.39, 0.29) is 11.4 Å². The van der Waals surface area contributed by atoms with E-state index in [1.54, 1.807) is 0 Å². The van der Waals surface area contributed by atoms with E-state index in [1.807, 2.05) is 39.6 Å². The molecule has 1 aromatic rings. The molecule has 15 heavy (non-hydrogen) atoms. The number of rotatable bonds is 4. The molecule has 1 aromatic carbocycles. The fourth-order valence-electron chi connectivity index (χ4n) is 1.32. The summed E-state index contributed by atoms with van der Waals surface area (Å²) in [4.78, 5) is 22.1. The van der Waals surface area contributed by atoms with E-state index >= 15 is 0 Å². The zero-order chi connectivity index (χ0) is 11.3. The van der Waals surface area contributed by atoms with Crippen molar-refractivity contribution in [3.05, 3.63) is 35.9 Å². The van der Waals surface area contributed by atoms with Crippen LogP contribution < -0.4 is 5.32 Å². The molecule has 0 saturated heterocycles. The molecule has 0 aromatic heterocycles. The highest BCUT2D eigenvalue weighted by atomic mass is 31.0. The molecule has 80 valence electrons. The SMILES string of the molecule is CC(=O)[C@@H](Cc1ccccc1)NC(=O)P. The highest BCUT2D eigenvalue weighted by Gasteiger charge is 2.15. The van der Waals surface area contributed by atoms with Crippen LogP contribution in [0.5, 0.6) is 0 Å². The lowest BCUT2D eigenvalue weighted by Crippen LogP contribution is -2.38. The second-order valence-electron chi connectivity index (χ2n) is 3.36. The van der Waals surface area contributed by atoms with Crippen LogP contribution in [-0.2, 0) is 11.2 Å². The third kappa shape index (κ3) is 4.22. The van der Waals surface area contributed by atoms with E-state index in [2.05, 4.69) is 5.32 Å². The summed E-state index contributed by atoms with van der Waals surface area (Å²) in [6.45, 7) is 1.48. The lowest BCUT2D eigenvalue weighted by molar-refractivity contribution is -0.118. The fourth-order valence-corrected chi connectivity index (χ4v) is 1.52. The Balaban J connectivity index is 2.67. The van der Waals surface area contributed by atoms with Crippen LogP contribution in [0.3, 0.4) is 0 Å². The molecule has 1 rings (SSSR count). The molecular weight excluding hydrogens is 209 g/mol. The van der Waals surface area contributed by atoms with Gasteiger partial charge in [0.15, 0.2) is 5.78 Å². The Labute approximate surface area is 91.5 Å². The van der Waals surface area contributed by atoms with Crippen LogP contribution in [0.1, 0.15) is 12.5 Å². The second kappa shape index (κ2) is 5.62.